The molecule has 0 aliphatic heterocycles. The van der Waals surface area contributed by atoms with Gasteiger partial charge in [0.2, 0.25) is 0 Å². The van der Waals surface area contributed by atoms with Gasteiger partial charge in [-0.2, -0.15) is 0 Å². The van der Waals surface area contributed by atoms with Crippen molar-refractivity contribution in [1.82, 2.24) is 0 Å². The van der Waals surface area contributed by atoms with E-state index in [-0.39, 0.29) is 0 Å². The lowest BCUT2D eigenvalue weighted by Gasteiger charge is -2.17. The number of rotatable bonds is 6. The Morgan fingerprint density at radius 1 is 1.04 bits per heavy atom. The van der Waals surface area contributed by atoms with Gasteiger partial charge in [-0.3, -0.25) is 0 Å². The molecule has 1 nitrogen and oxygen atoms in total. The van der Waals surface area contributed by atoms with E-state index in [4.69, 9.17) is 4.43 Å². The highest BCUT2D eigenvalue weighted by atomic mass is 28.4. The standard InChI is InChI=1S/C26H30OSi/c1-5-19-15-16-24-22-13-7-6-10-21(22)18-25(24)26(19)23-14-8-11-20(23)12-9-17-27-28(2,3)4/h5-8,10-11,13,15-16,18H,9,12,14,17H2,1-4H3. The van der Waals surface area contributed by atoms with Crippen LogP contribution in [-0.4, -0.2) is 14.9 Å². The molecular formula is C26H30OSi. The molecule has 2 heteroatoms. The molecule has 0 unspecified atom stereocenters. The first-order chi connectivity index (χ1) is 13.5. The molecule has 2 aliphatic rings. The summed E-state index contributed by atoms with van der Waals surface area (Å²) in [4.78, 5) is 0. The van der Waals surface area contributed by atoms with Gasteiger partial charge in [-0.1, -0.05) is 54.6 Å². The minimum atomic E-state index is -1.42. The van der Waals surface area contributed by atoms with E-state index < -0.39 is 8.32 Å². The van der Waals surface area contributed by atoms with E-state index in [0.717, 1.165) is 25.9 Å². The van der Waals surface area contributed by atoms with Crippen LogP contribution in [0.1, 0.15) is 37.3 Å². The van der Waals surface area contributed by atoms with Crippen LogP contribution in [0, 0.1) is 10.4 Å². The number of fused-ring (bicyclic) bond motifs is 2. The maximum absolute atomic E-state index is 6.07. The highest BCUT2D eigenvalue weighted by Gasteiger charge is 2.18. The van der Waals surface area contributed by atoms with Crippen LogP contribution in [0.2, 0.25) is 19.6 Å². The van der Waals surface area contributed by atoms with Gasteiger partial charge in [0.15, 0.2) is 8.32 Å². The molecule has 2 aromatic carbocycles. The SMILES string of the molecule is CC=c1ccc2c(c1C1=C(CCCO[Si](C)(C)C)C=CC1)C=c1ccccc1=2. The summed E-state index contributed by atoms with van der Waals surface area (Å²) in [7, 11) is -1.42. The molecule has 0 aromatic heterocycles. The number of benzene rings is 2. The van der Waals surface area contributed by atoms with Gasteiger partial charge in [-0.05, 0) is 95.1 Å². The van der Waals surface area contributed by atoms with Gasteiger partial charge in [-0.15, -0.1) is 0 Å². The predicted octanol–water partition coefficient (Wildman–Crippen LogP) is 5.26. The third kappa shape index (κ3) is 3.72. The third-order valence-electron chi connectivity index (χ3n) is 5.60. The molecule has 4 rings (SSSR count). The summed E-state index contributed by atoms with van der Waals surface area (Å²) in [5, 5.41) is 5.41. The molecule has 2 aromatic rings. The van der Waals surface area contributed by atoms with Gasteiger partial charge in [-0.25, -0.2) is 0 Å². The maximum atomic E-state index is 6.07. The van der Waals surface area contributed by atoms with Gasteiger partial charge < -0.3 is 4.43 Å². The molecule has 0 radical (unpaired) electrons. The van der Waals surface area contributed by atoms with E-state index >= 15 is 0 Å². The second kappa shape index (κ2) is 7.69. The molecule has 0 saturated carbocycles. The number of allylic oxidation sites excluding steroid dienone is 4. The first-order valence-corrected chi connectivity index (χ1v) is 13.8. The van der Waals surface area contributed by atoms with Gasteiger partial charge in [0, 0.05) is 6.61 Å². The van der Waals surface area contributed by atoms with Crippen LogP contribution in [-0.2, 0) is 4.43 Å². The van der Waals surface area contributed by atoms with Crippen molar-refractivity contribution < 1.29 is 4.43 Å². The van der Waals surface area contributed by atoms with E-state index in [1.54, 1.807) is 0 Å². The molecule has 28 heavy (non-hydrogen) atoms. The lowest BCUT2D eigenvalue weighted by Crippen LogP contribution is -2.25. The molecule has 0 spiro atoms. The lowest BCUT2D eigenvalue weighted by atomic mass is 9.92. The fourth-order valence-electron chi connectivity index (χ4n) is 4.31. The van der Waals surface area contributed by atoms with Crippen LogP contribution in [0.3, 0.4) is 0 Å². The summed E-state index contributed by atoms with van der Waals surface area (Å²) in [5.74, 6) is 0. The Bertz CT molecular complexity index is 1180. The zero-order valence-corrected chi connectivity index (χ0v) is 18.5. The first kappa shape index (κ1) is 19.2. The second-order valence-corrected chi connectivity index (χ2v) is 13.2. The summed E-state index contributed by atoms with van der Waals surface area (Å²) in [6, 6.07) is 13.3. The van der Waals surface area contributed by atoms with Crippen molar-refractivity contribution in [2.24, 2.45) is 0 Å². The van der Waals surface area contributed by atoms with E-state index in [0.29, 0.717) is 0 Å². The van der Waals surface area contributed by atoms with Crippen molar-refractivity contribution in [1.29, 1.82) is 0 Å². The Labute approximate surface area is 169 Å². The largest absolute Gasteiger partial charge is 0.418 e. The Hall–Kier alpha value is -2.16. The fourth-order valence-corrected chi connectivity index (χ4v) is 5.07. The maximum Gasteiger partial charge on any atom is 0.183 e. The van der Waals surface area contributed by atoms with Gasteiger partial charge >= 0.3 is 0 Å². The monoisotopic (exact) mass is 386 g/mol. The molecule has 0 atom stereocenters. The Morgan fingerprint density at radius 3 is 2.64 bits per heavy atom. The van der Waals surface area contributed by atoms with Crippen molar-refractivity contribution >= 4 is 26.0 Å². The van der Waals surface area contributed by atoms with Crippen LogP contribution in [0.5, 0.6) is 0 Å². The van der Waals surface area contributed by atoms with Gasteiger partial charge in [0.05, 0.1) is 0 Å². The zero-order valence-electron chi connectivity index (χ0n) is 17.5. The fraction of sp³-hybridized carbons (Fsp3) is 0.308. The average Bonchev–Trinajstić information content (AvgIpc) is 3.27. The molecule has 0 amide bonds. The Balaban J connectivity index is 1.76. The molecule has 0 heterocycles. The van der Waals surface area contributed by atoms with Crippen LogP contribution >= 0.6 is 0 Å². The number of hydrogen-bond donors (Lipinski definition) is 0. The summed E-state index contributed by atoms with van der Waals surface area (Å²) >= 11 is 0. The molecule has 0 fully saturated rings. The van der Waals surface area contributed by atoms with E-state index in [9.17, 15) is 0 Å². The van der Waals surface area contributed by atoms with Crippen molar-refractivity contribution in [3.63, 3.8) is 0 Å². The zero-order chi connectivity index (χ0) is 19.7. The van der Waals surface area contributed by atoms with E-state index in [1.165, 1.54) is 43.1 Å². The van der Waals surface area contributed by atoms with Crippen LogP contribution < -0.4 is 10.4 Å². The second-order valence-electron chi connectivity index (χ2n) is 8.69. The first-order valence-electron chi connectivity index (χ1n) is 10.4. The minimum absolute atomic E-state index is 0.873. The molecule has 0 saturated heterocycles. The van der Waals surface area contributed by atoms with Crippen molar-refractivity contribution in [2.45, 2.75) is 45.8 Å². The highest BCUT2D eigenvalue weighted by molar-refractivity contribution is 6.69. The van der Waals surface area contributed by atoms with Crippen molar-refractivity contribution in [2.75, 3.05) is 6.61 Å². The summed E-state index contributed by atoms with van der Waals surface area (Å²) < 4.78 is 6.07. The van der Waals surface area contributed by atoms with E-state index in [2.05, 4.69) is 87.3 Å². The average molecular weight is 387 g/mol. The molecule has 2 aliphatic carbocycles. The van der Waals surface area contributed by atoms with Crippen LogP contribution in [0.4, 0.5) is 0 Å². The van der Waals surface area contributed by atoms with Crippen LogP contribution in [0.15, 0.2) is 54.1 Å². The molecule has 0 bridgehead atoms. The van der Waals surface area contributed by atoms with Crippen LogP contribution in [0.25, 0.3) is 17.7 Å². The van der Waals surface area contributed by atoms with Gasteiger partial charge in [0.25, 0.3) is 0 Å². The normalized spacial score (nSPS) is 15.8. The predicted molar refractivity (Wildman–Crippen MR) is 123 cm³/mol. The topological polar surface area (TPSA) is 9.23 Å². The summed E-state index contributed by atoms with van der Waals surface area (Å²) in [5.41, 5.74) is 5.82. The highest BCUT2D eigenvalue weighted by Crippen LogP contribution is 2.33. The Morgan fingerprint density at radius 2 is 1.86 bits per heavy atom. The van der Waals surface area contributed by atoms with E-state index in [1.807, 2.05) is 0 Å². The van der Waals surface area contributed by atoms with Crippen molar-refractivity contribution in [3.8, 4) is 0 Å². The third-order valence-corrected chi connectivity index (χ3v) is 6.67. The number of hydrogen-bond acceptors (Lipinski definition) is 1. The Kier molecular flexibility index (Phi) is 5.26. The molecule has 0 N–H and O–H groups in total. The lowest BCUT2D eigenvalue weighted by molar-refractivity contribution is 0.305. The molecule has 144 valence electrons. The quantitative estimate of drug-likeness (QED) is 0.415. The van der Waals surface area contributed by atoms with Crippen molar-refractivity contribution in [3.05, 3.63) is 86.1 Å². The summed E-state index contributed by atoms with van der Waals surface area (Å²) in [6.07, 6.45) is 12.5. The smallest absolute Gasteiger partial charge is 0.183 e. The molecular weight excluding hydrogens is 356 g/mol. The van der Waals surface area contributed by atoms with Gasteiger partial charge in [0.1, 0.15) is 0 Å². The minimum Gasteiger partial charge on any atom is -0.418 e. The summed E-state index contributed by atoms with van der Waals surface area (Å²) in [6.45, 7) is 9.81.